The van der Waals surface area contributed by atoms with Crippen LogP contribution >= 0.6 is 11.3 Å². The molecular weight excluding hydrogens is 280 g/mol. The van der Waals surface area contributed by atoms with Gasteiger partial charge in [-0.25, -0.2) is 4.79 Å². The molecule has 108 valence electrons. The summed E-state index contributed by atoms with van der Waals surface area (Å²) in [4.78, 5) is 24.6. The summed E-state index contributed by atoms with van der Waals surface area (Å²) < 4.78 is 0. The van der Waals surface area contributed by atoms with Crippen molar-refractivity contribution >= 4 is 28.3 Å². The molecule has 20 heavy (non-hydrogen) atoms. The molecular formula is C12H16N4O3S. The standard InChI is InChI=1S/C12H16N4O3S/c1-2-10-14-15-12(20-10)13-9(17)7-16-5-3-4-8(6-16)11(18)19/h4H,2-3,5-7H2,1H3,(H,18,19)(H,13,15,17). The van der Waals surface area contributed by atoms with Gasteiger partial charge in [0, 0.05) is 18.7 Å². The first-order chi connectivity index (χ1) is 9.58. The number of nitrogens with zero attached hydrogens (tertiary/aromatic N) is 3. The van der Waals surface area contributed by atoms with Crippen LogP contribution in [0, 0.1) is 0 Å². The van der Waals surface area contributed by atoms with Gasteiger partial charge in [0.1, 0.15) is 5.01 Å². The van der Waals surface area contributed by atoms with Crippen LogP contribution in [-0.4, -0.2) is 51.7 Å². The summed E-state index contributed by atoms with van der Waals surface area (Å²) in [6.45, 7) is 3.10. The molecule has 0 unspecified atom stereocenters. The number of amides is 1. The average Bonchev–Trinajstić information content (AvgIpc) is 2.86. The van der Waals surface area contributed by atoms with Crippen molar-refractivity contribution in [3.05, 3.63) is 16.7 Å². The third kappa shape index (κ3) is 3.84. The third-order valence-electron chi connectivity index (χ3n) is 2.89. The number of carbonyl (C=O) groups is 2. The second-order valence-electron chi connectivity index (χ2n) is 4.44. The lowest BCUT2D eigenvalue weighted by atomic mass is 10.1. The number of carboxylic acid groups (broad SMARTS) is 1. The Morgan fingerprint density at radius 2 is 2.30 bits per heavy atom. The summed E-state index contributed by atoms with van der Waals surface area (Å²) in [5, 5.41) is 20.8. The van der Waals surface area contributed by atoms with E-state index in [9.17, 15) is 9.59 Å². The second-order valence-corrected chi connectivity index (χ2v) is 5.50. The monoisotopic (exact) mass is 296 g/mol. The number of hydrogen-bond donors (Lipinski definition) is 2. The molecule has 0 spiro atoms. The highest BCUT2D eigenvalue weighted by atomic mass is 32.1. The Labute approximate surface area is 120 Å². The van der Waals surface area contributed by atoms with E-state index in [2.05, 4.69) is 15.5 Å². The van der Waals surface area contributed by atoms with Crippen LogP contribution in [0.1, 0.15) is 18.4 Å². The van der Waals surface area contributed by atoms with Crippen molar-refractivity contribution in [2.24, 2.45) is 0 Å². The van der Waals surface area contributed by atoms with E-state index in [0.717, 1.165) is 11.4 Å². The normalized spacial score (nSPS) is 15.8. The van der Waals surface area contributed by atoms with Crippen LogP contribution in [0.3, 0.4) is 0 Å². The number of aryl methyl sites for hydroxylation is 1. The number of aliphatic carboxylic acids is 1. The van der Waals surface area contributed by atoms with Crippen LogP contribution in [0.2, 0.25) is 0 Å². The fourth-order valence-electron chi connectivity index (χ4n) is 1.90. The molecule has 8 heteroatoms. The maximum atomic E-state index is 11.9. The summed E-state index contributed by atoms with van der Waals surface area (Å²) in [7, 11) is 0. The van der Waals surface area contributed by atoms with Crippen molar-refractivity contribution in [3.63, 3.8) is 0 Å². The topological polar surface area (TPSA) is 95.4 Å². The van der Waals surface area contributed by atoms with Crippen LogP contribution in [0.5, 0.6) is 0 Å². The minimum Gasteiger partial charge on any atom is -0.478 e. The molecule has 2 rings (SSSR count). The lowest BCUT2D eigenvalue weighted by Gasteiger charge is -2.24. The van der Waals surface area contributed by atoms with E-state index in [0.29, 0.717) is 30.2 Å². The maximum Gasteiger partial charge on any atom is 0.332 e. The van der Waals surface area contributed by atoms with Gasteiger partial charge < -0.3 is 5.11 Å². The zero-order valence-electron chi connectivity index (χ0n) is 11.1. The van der Waals surface area contributed by atoms with Gasteiger partial charge in [0.15, 0.2) is 0 Å². The van der Waals surface area contributed by atoms with E-state index >= 15 is 0 Å². The molecule has 7 nitrogen and oxygen atoms in total. The first kappa shape index (κ1) is 14.6. The molecule has 1 amide bonds. The molecule has 0 fully saturated rings. The van der Waals surface area contributed by atoms with Crippen molar-refractivity contribution < 1.29 is 14.7 Å². The number of hydrogen-bond acceptors (Lipinski definition) is 6. The lowest BCUT2D eigenvalue weighted by Crippen LogP contribution is -2.38. The van der Waals surface area contributed by atoms with Crippen LogP contribution in [0.25, 0.3) is 0 Å². The van der Waals surface area contributed by atoms with Gasteiger partial charge in [-0.3, -0.25) is 15.0 Å². The van der Waals surface area contributed by atoms with E-state index in [-0.39, 0.29) is 12.5 Å². The number of nitrogens with one attached hydrogen (secondary N) is 1. The fraction of sp³-hybridized carbons (Fsp3) is 0.500. The molecule has 2 N–H and O–H groups in total. The van der Waals surface area contributed by atoms with E-state index < -0.39 is 5.97 Å². The van der Waals surface area contributed by atoms with Crippen LogP contribution < -0.4 is 5.32 Å². The Morgan fingerprint density at radius 3 is 2.95 bits per heavy atom. The lowest BCUT2D eigenvalue weighted by molar-refractivity contribution is -0.133. The Balaban J connectivity index is 1.86. The molecule has 0 saturated heterocycles. The Morgan fingerprint density at radius 1 is 1.50 bits per heavy atom. The fourth-order valence-corrected chi connectivity index (χ4v) is 2.60. The van der Waals surface area contributed by atoms with Crippen molar-refractivity contribution in [2.75, 3.05) is 25.0 Å². The maximum absolute atomic E-state index is 11.9. The van der Waals surface area contributed by atoms with Crippen molar-refractivity contribution in [1.29, 1.82) is 0 Å². The van der Waals surface area contributed by atoms with E-state index in [4.69, 9.17) is 5.11 Å². The zero-order chi connectivity index (χ0) is 14.5. The van der Waals surface area contributed by atoms with E-state index in [1.54, 1.807) is 11.0 Å². The SMILES string of the molecule is CCc1nnc(NC(=O)CN2CCC=C(C(=O)O)C2)s1. The zero-order valence-corrected chi connectivity index (χ0v) is 11.9. The summed E-state index contributed by atoms with van der Waals surface area (Å²) in [5.74, 6) is -1.12. The Bertz CT molecular complexity index is 541. The number of carbonyl (C=O) groups excluding carboxylic acids is 1. The molecule has 0 aromatic carbocycles. The van der Waals surface area contributed by atoms with Gasteiger partial charge in [0.05, 0.1) is 6.54 Å². The van der Waals surface area contributed by atoms with Crippen LogP contribution in [0.15, 0.2) is 11.6 Å². The minimum atomic E-state index is -0.924. The van der Waals surface area contributed by atoms with Gasteiger partial charge >= 0.3 is 5.97 Å². The van der Waals surface area contributed by atoms with E-state index in [1.165, 1.54) is 11.3 Å². The molecule has 0 atom stereocenters. The first-order valence-electron chi connectivity index (χ1n) is 6.35. The van der Waals surface area contributed by atoms with Gasteiger partial charge in [0.2, 0.25) is 11.0 Å². The summed E-state index contributed by atoms with van der Waals surface area (Å²) in [6, 6.07) is 0. The smallest absolute Gasteiger partial charge is 0.332 e. The van der Waals surface area contributed by atoms with Gasteiger partial charge in [-0.2, -0.15) is 0 Å². The van der Waals surface area contributed by atoms with Crippen LogP contribution in [0.4, 0.5) is 5.13 Å². The molecule has 0 saturated carbocycles. The van der Waals surface area contributed by atoms with Gasteiger partial charge in [-0.15, -0.1) is 10.2 Å². The van der Waals surface area contributed by atoms with Crippen molar-refractivity contribution in [1.82, 2.24) is 15.1 Å². The highest BCUT2D eigenvalue weighted by molar-refractivity contribution is 7.15. The number of anilines is 1. The number of rotatable bonds is 5. The third-order valence-corrected chi connectivity index (χ3v) is 3.87. The van der Waals surface area contributed by atoms with Crippen molar-refractivity contribution in [3.8, 4) is 0 Å². The molecule has 1 aliphatic rings. The first-order valence-corrected chi connectivity index (χ1v) is 7.17. The van der Waals surface area contributed by atoms with Gasteiger partial charge in [0.25, 0.3) is 0 Å². The predicted molar refractivity (Wildman–Crippen MR) is 74.7 cm³/mol. The minimum absolute atomic E-state index is 0.158. The molecule has 1 aliphatic heterocycles. The highest BCUT2D eigenvalue weighted by Crippen LogP contribution is 2.15. The molecule has 1 aromatic rings. The quantitative estimate of drug-likeness (QED) is 0.832. The Hall–Kier alpha value is -1.80. The van der Waals surface area contributed by atoms with Crippen LogP contribution in [-0.2, 0) is 16.0 Å². The Kier molecular flexibility index (Phi) is 4.80. The predicted octanol–water partition coefficient (Wildman–Crippen LogP) is 0.756. The molecule has 0 aliphatic carbocycles. The molecule has 1 aromatic heterocycles. The largest absolute Gasteiger partial charge is 0.478 e. The highest BCUT2D eigenvalue weighted by Gasteiger charge is 2.19. The summed E-state index contributed by atoms with van der Waals surface area (Å²) >= 11 is 1.35. The van der Waals surface area contributed by atoms with Crippen molar-refractivity contribution in [2.45, 2.75) is 19.8 Å². The molecule has 0 bridgehead atoms. The molecule has 0 radical (unpaired) electrons. The average molecular weight is 296 g/mol. The second kappa shape index (κ2) is 6.58. The number of aromatic nitrogens is 2. The summed E-state index contributed by atoms with van der Waals surface area (Å²) in [5.41, 5.74) is 0.341. The van der Waals surface area contributed by atoms with E-state index in [1.807, 2.05) is 6.92 Å². The summed E-state index contributed by atoms with van der Waals surface area (Å²) in [6.07, 6.45) is 3.13. The van der Waals surface area contributed by atoms with Gasteiger partial charge in [-0.1, -0.05) is 24.3 Å². The molecule has 2 heterocycles. The number of carboxylic acids is 1. The van der Waals surface area contributed by atoms with Gasteiger partial charge in [-0.05, 0) is 12.8 Å².